The van der Waals surface area contributed by atoms with Gasteiger partial charge in [0.2, 0.25) is 5.95 Å². The SMILES string of the molecule is CCOc1ccc(C(=O)C2=C(C(=O)OC)Nc3nnnn3[C@H]2c2ccccc2F)cc1. The molecule has 0 unspecified atom stereocenters. The zero-order valence-corrected chi connectivity index (χ0v) is 16.7. The number of aromatic nitrogens is 4. The Morgan fingerprint density at radius 2 is 1.90 bits per heavy atom. The summed E-state index contributed by atoms with van der Waals surface area (Å²) < 4.78 is 26.3. The van der Waals surface area contributed by atoms with Gasteiger partial charge < -0.3 is 14.8 Å². The topological polar surface area (TPSA) is 108 Å². The highest BCUT2D eigenvalue weighted by Crippen LogP contribution is 2.37. The van der Waals surface area contributed by atoms with E-state index in [1.807, 2.05) is 6.92 Å². The third-order valence-corrected chi connectivity index (χ3v) is 4.78. The van der Waals surface area contributed by atoms with Crippen LogP contribution in [0.15, 0.2) is 59.8 Å². The summed E-state index contributed by atoms with van der Waals surface area (Å²) in [5.41, 5.74) is 0.214. The van der Waals surface area contributed by atoms with Gasteiger partial charge in [-0.1, -0.05) is 23.3 Å². The van der Waals surface area contributed by atoms with Crippen molar-refractivity contribution < 1.29 is 23.5 Å². The van der Waals surface area contributed by atoms with Crippen molar-refractivity contribution in [1.82, 2.24) is 20.2 Å². The molecule has 0 radical (unpaired) electrons. The van der Waals surface area contributed by atoms with Gasteiger partial charge in [0.05, 0.1) is 19.3 Å². The third-order valence-electron chi connectivity index (χ3n) is 4.78. The third kappa shape index (κ3) is 3.63. The van der Waals surface area contributed by atoms with Crippen LogP contribution in [0.25, 0.3) is 0 Å². The van der Waals surface area contributed by atoms with Crippen LogP contribution >= 0.6 is 0 Å². The summed E-state index contributed by atoms with van der Waals surface area (Å²) >= 11 is 0. The minimum absolute atomic E-state index is 0.0408. The number of allylic oxidation sites excluding steroid dienone is 1. The van der Waals surface area contributed by atoms with Crippen LogP contribution in [-0.4, -0.2) is 45.7 Å². The minimum Gasteiger partial charge on any atom is -0.494 e. The van der Waals surface area contributed by atoms with Gasteiger partial charge in [-0.2, -0.15) is 4.68 Å². The van der Waals surface area contributed by atoms with E-state index in [0.29, 0.717) is 12.4 Å². The van der Waals surface area contributed by atoms with E-state index in [9.17, 15) is 14.0 Å². The molecule has 0 spiro atoms. The van der Waals surface area contributed by atoms with E-state index in [1.54, 1.807) is 30.3 Å². The molecule has 0 bridgehead atoms. The number of carbonyl (C=O) groups excluding carboxylic acids is 2. The van der Waals surface area contributed by atoms with Crippen molar-refractivity contribution in [3.63, 3.8) is 0 Å². The van der Waals surface area contributed by atoms with Gasteiger partial charge in [-0.15, -0.1) is 0 Å². The molecule has 9 nitrogen and oxygen atoms in total. The fourth-order valence-corrected chi connectivity index (χ4v) is 3.40. The average Bonchev–Trinajstić information content (AvgIpc) is 3.26. The molecule has 0 saturated carbocycles. The second-order valence-electron chi connectivity index (χ2n) is 6.56. The summed E-state index contributed by atoms with van der Waals surface area (Å²) in [5.74, 6) is -1.21. The molecule has 2 aromatic carbocycles. The maximum absolute atomic E-state index is 14.8. The molecule has 31 heavy (non-hydrogen) atoms. The van der Waals surface area contributed by atoms with Crippen molar-refractivity contribution in [2.75, 3.05) is 19.0 Å². The molecule has 10 heteroatoms. The highest BCUT2D eigenvalue weighted by atomic mass is 19.1. The fourth-order valence-electron chi connectivity index (χ4n) is 3.40. The number of Topliss-reactive ketones (excluding diaryl/α,β-unsaturated/α-hetero) is 1. The van der Waals surface area contributed by atoms with Gasteiger partial charge in [0, 0.05) is 11.1 Å². The van der Waals surface area contributed by atoms with E-state index in [-0.39, 0.29) is 28.3 Å². The maximum Gasteiger partial charge on any atom is 0.355 e. The second-order valence-corrected chi connectivity index (χ2v) is 6.56. The van der Waals surface area contributed by atoms with Crippen molar-refractivity contribution in [3.05, 3.63) is 76.7 Å². The maximum atomic E-state index is 14.8. The number of nitrogens with one attached hydrogen (secondary N) is 1. The molecule has 0 aliphatic carbocycles. The first-order chi connectivity index (χ1) is 15.0. The number of tetrazole rings is 1. The zero-order valence-electron chi connectivity index (χ0n) is 16.7. The number of ether oxygens (including phenoxy) is 2. The number of carbonyl (C=O) groups is 2. The molecule has 1 aliphatic heterocycles. The summed E-state index contributed by atoms with van der Waals surface area (Å²) in [6.45, 7) is 2.33. The largest absolute Gasteiger partial charge is 0.494 e. The molecule has 1 N–H and O–H groups in total. The summed E-state index contributed by atoms with van der Waals surface area (Å²) in [6.07, 6.45) is 0. The van der Waals surface area contributed by atoms with Crippen molar-refractivity contribution in [2.45, 2.75) is 13.0 Å². The number of rotatable bonds is 6. The first-order valence-corrected chi connectivity index (χ1v) is 9.44. The van der Waals surface area contributed by atoms with Crippen molar-refractivity contribution in [2.24, 2.45) is 0 Å². The molecule has 1 aliphatic rings. The van der Waals surface area contributed by atoms with Crippen molar-refractivity contribution >= 4 is 17.7 Å². The minimum atomic E-state index is -1.08. The molecule has 0 amide bonds. The number of fused-ring (bicyclic) bond motifs is 1. The predicted octanol–water partition coefficient (Wildman–Crippen LogP) is 2.54. The quantitative estimate of drug-likeness (QED) is 0.476. The van der Waals surface area contributed by atoms with Crippen molar-refractivity contribution in [1.29, 1.82) is 0 Å². The number of methoxy groups -OCH3 is 1. The smallest absolute Gasteiger partial charge is 0.355 e. The Bertz CT molecular complexity index is 1170. The Morgan fingerprint density at radius 1 is 1.16 bits per heavy atom. The highest BCUT2D eigenvalue weighted by molar-refractivity contribution is 6.15. The Labute approximate surface area is 176 Å². The first kappa shape index (κ1) is 20.2. The van der Waals surface area contributed by atoms with Gasteiger partial charge in [0.25, 0.3) is 0 Å². The Hall–Kier alpha value is -4.08. The molecule has 2 heterocycles. The Balaban J connectivity index is 1.90. The van der Waals surface area contributed by atoms with E-state index >= 15 is 0 Å². The van der Waals surface area contributed by atoms with E-state index in [0.717, 1.165) is 0 Å². The van der Waals surface area contributed by atoms with Crippen LogP contribution < -0.4 is 10.1 Å². The van der Waals surface area contributed by atoms with Gasteiger partial charge >= 0.3 is 5.97 Å². The summed E-state index contributed by atoms with van der Waals surface area (Å²) in [7, 11) is 1.19. The standard InChI is InChI=1S/C21H18FN5O4/c1-3-31-13-10-8-12(9-11-13)19(28)16-17(20(29)30-2)23-21-24-25-26-27(21)18(16)14-6-4-5-7-15(14)22/h4-11,18H,3H2,1-2H3,(H,23,24,26)/t18-/m0/s1. The first-order valence-electron chi connectivity index (χ1n) is 9.44. The number of nitrogens with zero attached hydrogens (tertiary/aromatic N) is 4. The van der Waals surface area contributed by atoms with E-state index in [1.165, 1.54) is 30.0 Å². The lowest BCUT2D eigenvalue weighted by Gasteiger charge is -2.28. The lowest BCUT2D eigenvalue weighted by Crippen LogP contribution is -2.33. The van der Waals surface area contributed by atoms with Crippen LogP contribution in [0.4, 0.5) is 10.3 Å². The number of ketones is 1. The van der Waals surface area contributed by atoms with E-state index in [4.69, 9.17) is 9.47 Å². The highest BCUT2D eigenvalue weighted by Gasteiger charge is 2.39. The number of halogens is 1. The average molecular weight is 423 g/mol. The summed E-state index contributed by atoms with van der Waals surface area (Å²) in [6, 6.07) is 11.3. The van der Waals surface area contributed by atoms with Crippen LogP contribution in [0.3, 0.4) is 0 Å². The molecular weight excluding hydrogens is 405 g/mol. The summed E-state index contributed by atoms with van der Waals surface area (Å²) in [4.78, 5) is 26.1. The van der Waals surface area contributed by atoms with Gasteiger partial charge in [0.1, 0.15) is 23.3 Å². The zero-order chi connectivity index (χ0) is 22.0. The molecule has 1 aromatic heterocycles. The van der Waals surface area contributed by atoms with Crippen LogP contribution in [-0.2, 0) is 9.53 Å². The Kier molecular flexibility index (Phi) is 5.44. The molecular formula is C21H18FN5O4. The van der Waals surface area contributed by atoms with E-state index < -0.39 is 23.6 Å². The number of benzene rings is 2. The van der Waals surface area contributed by atoms with Crippen LogP contribution in [0.1, 0.15) is 28.9 Å². The predicted molar refractivity (Wildman–Crippen MR) is 107 cm³/mol. The van der Waals surface area contributed by atoms with Crippen LogP contribution in [0, 0.1) is 5.82 Å². The molecule has 0 saturated heterocycles. The van der Waals surface area contributed by atoms with Crippen molar-refractivity contribution in [3.8, 4) is 5.75 Å². The van der Waals surface area contributed by atoms with E-state index in [2.05, 4.69) is 20.8 Å². The monoisotopic (exact) mass is 423 g/mol. The number of hydrogen-bond donors (Lipinski definition) is 1. The Morgan fingerprint density at radius 3 is 2.58 bits per heavy atom. The van der Waals surface area contributed by atoms with Gasteiger partial charge in [-0.3, -0.25) is 4.79 Å². The molecule has 4 rings (SSSR count). The second kappa shape index (κ2) is 8.34. The van der Waals surface area contributed by atoms with Crippen LogP contribution in [0.2, 0.25) is 0 Å². The fraction of sp³-hybridized carbons (Fsp3) is 0.190. The molecule has 0 fully saturated rings. The van der Waals surface area contributed by atoms with Gasteiger partial charge in [-0.25, -0.2) is 9.18 Å². The van der Waals surface area contributed by atoms with Crippen LogP contribution in [0.5, 0.6) is 5.75 Å². The van der Waals surface area contributed by atoms with Gasteiger partial charge in [-0.05, 0) is 47.7 Å². The number of hydrogen-bond acceptors (Lipinski definition) is 8. The summed E-state index contributed by atoms with van der Waals surface area (Å²) in [5, 5.41) is 14.1. The lowest BCUT2D eigenvalue weighted by molar-refractivity contribution is -0.136. The molecule has 158 valence electrons. The molecule has 1 atom stereocenters. The number of esters is 1. The normalized spacial score (nSPS) is 15.1. The molecule has 3 aromatic rings. The van der Waals surface area contributed by atoms with Gasteiger partial charge in [0.15, 0.2) is 5.78 Å². The number of anilines is 1. The lowest BCUT2D eigenvalue weighted by atomic mass is 9.89.